The fourth-order valence-corrected chi connectivity index (χ4v) is 1.95. The van der Waals surface area contributed by atoms with Gasteiger partial charge in [-0.25, -0.2) is 4.99 Å². The van der Waals surface area contributed by atoms with Crippen LogP contribution in [-0.4, -0.2) is 43.2 Å². The molecule has 4 N–H and O–H groups in total. The van der Waals surface area contributed by atoms with Gasteiger partial charge in [-0.1, -0.05) is 13.8 Å². The first-order valence-electron chi connectivity index (χ1n) is 8.35. The number of amides is 1. The molecule has 1 heterocycles. The van der Waals surface area contributed by atoms with Crippen molar-refractivity contribution in [1.29, 1.82) is 0 Å². The highest BCUT2D eigenvalue weighted by Gasteiger charge is 2.26. The molecule has 0 spiro atoms. The van der Waals surface area contributed by atoms with E-state index in [2.05, 4.69) is 20.9 Å². The van der Waals surface area contributed by atoms with Crippen molar-refractivity contribution >= 4 is 11.9 Å². The first-order valence-corrected chi connectivity index (χ1v) is 8.35. The number of aliphatic hydroxyl groups is 1. The Bertz CT molecular complexity index is 550. The standard InChI is InChI=1S/C17H30N4O3/c1-6-18-16(20-10-9-19-15(22)12(2)3)21-11-17(5,23)14-8-7-13(4)24-14/h7-8,12,23H,6,9-11H2,1-5H3,(H,19,22)(H2,18,20,21). The average Bonchev–Trinajstić information content (AvgIpc) is 2.96. The molecule has 1 aromatic rings. The zero-order valence-electron chi connectivity index (χ0n) is 15.3. The molecule has 0 aliphatic rings. The molecule has 1 aromatic heterocycles. The lowest BCUT2D eigenvalue weighted by atomic mass is 10.0. The molecule has 24 heavy (non-hydrogen) atoms. The number of furan rings is 1. The van der Waals surface area contributed by atoms with E-state index in [4.69, 9.17) is 4.42 Å². The van der Waals surface area contributed by atoms with E-state index in [1.54, 1.807) is 13.0 Å². The fraction of sp³-hybridized carbons (Fsp3) is 0.647. The summed E-state index contributed by atoms with van der Waals surface area (Å²) in [5.74, 6) is 1.82. The van der Waals surface area contributed by atoms with Crippen LogP contribution in [0.15, 0.2) is 21.5 Å². The van der Waals surface area contributed by atoms with E-state index in [1.807, 2.05) is 33.8 Å². The highest BCUT2D eigenvalue weighted by Crippen LogP contribution is 2.22. The van der Waals surface area contributed by atoms with Gasteiger partial charge in [0.1, 0.15) is 17.1 Å². The number of guanidine groups is 1. The second-order valence-corrected chi connectivity index (χ2v) is 6.25. The fourth-order valence-electron chi connectivity index (χ4n) is 1.95. The van der Waals surface area contributed by atoms with E-state index in [0.29, 0.717) is 31.4 Å². The Kier molecular flexibility index (Phi) is 7.78. The molecule has 1 unspecified atom stereocenters. The number of nitrogens with one attached hydrogen (secondary N) is 3. The first-order chi connectivity index (χ1) is 11.3. The van der Waals surface area contributed by atoms with Crippen LogP contribution in [0, 0.1) is 12.8 Å². The molecule has 0 radical (unpaired) electrons. The second kappa shape index (κ2) is 9.32. The minimum atomic E-state index is -1.18. The lowest BCUT2D eigenvalue weighted by Gasteiger charge is -2.19. The molecule has 7 nitrogen and oxygen atoms in total. The lowest BCUT2D eigenvalue weighted by Crippen LogP contribution is -2.42. The predicted octanol–water partition coefficient (Wildman–Crippen LogP) is 1.12. The zero-order valence-corrected chi connectivity index (χ0v) is 15.3. The third-order valence-electron chi connectivity index (χ3n) is 3.40. The molecule has 1 atom stereocenters. The summed E-state index contributed by atoms with van der Waals surface area (Å²) in [4.78, 5) is 15.9. The van der Waals surface area contributed by atoms with Crippen LogP contribution in [0.2, 0.25) is 0 Å². The highest BCUT2D eigenvalue weighted by molar-refractivity contribution is 5.80. The Balaban J connectivity index is 2.54. The Morgan fingerprint density at radius 2 is 1.96 bits per heavy atom. The summed E-state index contributed by atoms with van der Waals surface area (Å²) in [5, 5.41) is 19.6. The quantitative estimate of drug-likeness (QED) is 0.323. The van der Waals surface area contributed by atoms with Gasteiger partial charge in [0, 0.05) is 25.6 Å². The van der Waals surface area contributed by atoms with Crippen molar-refractivity contribution in [2.45, 2.75) is 40.2 Å². The molecule has 7 heteroatoms. The van der Waals surface area contributed by atoms with Gasteiger partial charge in [0.05, 0.1) is 6.54 Å². The lowest BCUT2D eigenvalue weighted by molar-refractivity contribution is -0.123. The van der Waals surface area contributed by atoms with E-state index in [1.165, 1.54) is 0 Å². The van der Waals surface area contributed by atoms with Crippen LogP contribution in [0.25, 0.3) is 0 Å². The van der Waals surface area contributed by atoms with E-state index in [-0.39, 0.29) is 18.4 Å². The molecular formula is C17H30N4O3. The number of aryl methyl sites for hydroxylation is 1. The van der Waals surface area contributed by atoms with Crippen molar-refractivity contribution in [2.24, 2.45) is 10.9 Å². The van der Waals surface area contributed by atoms with Gasteiger partial charge < -0.3 is 25.5 Å². The normalized spacial score (nSPS) is 14.4. The summed E-state index contributed by atoms with van der Waals surface area (Å²) < 4.78 is 5.48. The van der Waals surface area contributed by atoms with Crippen LogP contribution in [-0.2, 0) is 10.4 Å². The van der Waals surface area contributed by atoms with Crippen molar-refractivity contribution < 1.29 is 14.3 Å². The highest BCUT2D eigenvalue weighted by atomic mass is 16.4. The van der Waals surface area contributed by atoms with Crippen molar-refractivity contribution in [2.75, 3.05) is 26.2 Å². The Labute approximate surface area is 143 Å². The molecule has 1 amide bonds. The van der Waals surface area contributed by atoms with Gasteiger partial charge in [-0.05, 0) is 32.9 Å². The van der Waals surface area contributed by atoms with Gasteiger partial charge in [0.25, 0.3) is 0 Å². The summed E-state index contributed by atoms with van der Waals surface area (Å²) in [6, 6.07) is 3.57. The molecule has 0 aromatic carbocycles. The monoisotopic (exact) mass is 338 g/mol. The molecule has 1 rings (SSSR count). The van der Waals surface area contributed by atoms with Gasteiger partial charge in [-0.3, -0.25) is 4.79 Å². The van der Waals surface area contributed by atoms with Crippen molar-refractivity contribution in [3.63, 3.8) is 0 Å². The summed E-state index contributed by atoms with van der Waals surface area (Å²) in [6.45, 7) is 11.1. The maximum absolute atomic E-state index is 11.5. The van der Waals surface area contributed by atoms with Crippen LogP contribution in [0.4, 0.5) is 0 Å². The maximum atomic E-state index is 11.5. The van der Waals surface area contributed by atoms with Crippen LogP contribution in [0.5, 0.6) is 0 Å². The number of hydrogen-bond donors (Lipinski definition) is 4. The average molecular weight is 338 g/mol. The molecule has 0 aliphatic carbocycles. The van der Waals surface area contributed by atoms with Gasteiger partial charge >= 0.3 is 0 Å². The minimum Gasteiger partial charge on any atom is -0.463 e. The van der Waals surface area contributed by atoms with Crippen LogP contribution >= 0.6 is 0 Å². The van der Waals surface area contributed by atoms with Crippen LogP contribution < -0.4 is 16.0 Å². The van der Waals surface area contributed by atoms with Gasteiger partial charge in [0.2, 0.25) is 5.91 Å². The molecule has 0 saturated heterocycles. The SMILES string of the molecule is CCNC(=NCC(C)(O)c1ccc(C)o1)NCCNC(=O)C(C)C. The van der Waals surface area contributed by atoms with Crippen LogP contribution in [0.1, 0.15) is 39.2 Å². The summed E-state index contributed by atoms with van der Waals surface area (Å²) >= 11 is 0. The van der Waals surface area contributed by atoms with Gasteiger partial charge in [-0.15, -0.1) is 0 Å². The second-order valence-electron chi connectivity index (χ2n) is 6.25. The molecule has 0 aliphatic heterocycles. The largest absolute Gasteiger partial charge is 0.463 e. The van der Waals surface area contributed by atoms with E-state index >= 15 is 0 Å². The molecule has 0 saturated carbocycles. The van der Waals surface area contributed by atoms with Crippen molar-refractivity contribution in [3.8, 4) is 0 Å². The number of hydrogen-bond acceptors (Lipinski definition) is 4. The number of rotatable bonds is 8. The Morgan fingerprint density at radius 1 is 1.29 bits per heavy atom. The third kappa shape index (κ3) is 6.62. The number of nitrogens with zero attached hydrogens (tertiary/aromatic N) is 1. The smallest absolute Gasteiger partial charge is 0.222 e. The van der Waals surface area contributed by atoms with Gasteiger partial charge in [-0.2, -0.15) is 0 Å². The summed E-state index contributed by atoms with van der Waals surface area (Å²) in [5.41, 5.74) is -1.18. The minimum absolute atomic E-state index is 0.0230. The summed E-state index contributed by atoms with van der Waals surface area (Å²) in [6.07, 6.45) is 0. The first kappa shape index (κ1) is 20.0. The number of carbonyl (C=O) groups is 1. The molecular weight excluding hydrogens is 308 g/mol. The third-order valence-corrected chi connectivity index (χ3v) is 3.40. The molecule has 0 bridgehead atoms. The van der Waals surface area contributed by atoms with E-state index < -0.39 is 5.60 Å². The van der Waals surface area contributed by atoms with Crippen molar-refractivity contribution in [3.05, 3.63) is 23.7 Å². The number of aliphatic imine (C=N–C) groups is 1. The molecule has 136 valence electrons. The summed E-state index contributed by atoms with van der Waals surface area (Å²) in [7, 11) is 0. The maximum Gasteiger partial charge on any atom is 0.222 e. The van der Waals surface area contributed by atoms with Gasteiger partial charge in [0.15, 0.2) is 5.96 Å². The van der Waals surface area contributed by atoms with Crippen LogP contribution in [0.3, 0.4) is 0 Å². The zero-order chi connectivity index (χ0) is 18.2. The topological polar surface area (TPSA) is 98.9 Å². The van der Waals surface area contributed by atoms with E-state index in [9.17, 15) is 9.90 Å². The van der Waals surface area contributed by atoms with E-state index in [0.717, 1.165) is 5.76 Å². The number of carbonyl (C=O) groups excluding carboxylic acids is 1. The Hall–Kier alpha value is -2.02. The Morgan fingerprint density at radius 3 is 2.50 bits per heavy atom. The van der Waals surface area contributed by atoms with Crippen molar-refractivity contribution in [1.82, 2.24) is 16.0 Å². The predicted molar refractivity (Wildman–Crippen MR) is 94.8 cm³/mol. The molecule has 0 fully saturated rings.